The maximum atomic E-state index is 6.13. The van der Waals surface area contributed by atoms with E-state index in [2.05, 4.69) is 52.0 Å². The number of anilines is 1. The number of halogens is 1. The fourth-order valence-corrected chi connectivity index (χ4v) is 2.93. The molecule has 0 amide bonds. The van der Waals surface area contributed by atoms with Crippen molar-refractivity contribution in [1.82, 2.24) is 9.78 Å². The van der Waals surface area contributed by atoms with Crippen molar-refractivity contribution >= 4 is 28.4 Å². The van der Waals surface area contributed by atoms with Gasteiger partial charge in [0.2, 0.25) is 0 Å². The molecule has 1 aromatic heterocycles. The molecular weight excluding hydrogens is 325 g/mol. The Balaban J connectivity index is 2.10. The van der Waals surface area contributed by atoms with E-state index >= 15 is 0 Å². The Morgan fingerprint density at radius 1 is 1.41 bits per heavy atom. The van der Waals surface area contributed by atoms with Crippen LogP contribution in [0.2, 0.25) is 0 Å². The van der Waals surface area contributed by atoms with E-state index in [-0.39, 0.29) is 0 Å². The summed E-state index contributed by atoms with van der Waals surface area (Å²) in [6, 6.07) is 8.90. The Labute approximate surface area is 114 Å². The SMILES string of the molecule is Cc1nn(C2CCc3ccccc32)c(N)c1I. The molecule has 0 saturated carbocycles. The topological polar surface area (TPSA) is 43.8 Å². The van der Waals surface area contributed by atoms with E-state index < -0.39 is 0 Å². The molecule has 1 heterocycles. The van der Waals surface area contributed by atoms with Crippen LogP contribution in [0.25, 0.3) is 0 Å². The van der Waals surface area contributed by atoms with Gasteiger partial charge in [-0.2, -0.15) is 5.10 Å². The van der Waals surface area contributed by atoms with Gasteiger partial charge in [-0.1, -0.05) is 24.3 Å². The first-order valence-electron chi connectivity index (χ1n) is 5.76. The Bertz CT molecular complexity index is 574. The van der Waals surface area contributed by atoms with E-state index in [0.717, 1.165) is 27.9 Å². The molecule has 3 nitrogen and oxygen atoms in total. The molecule has 1 atom stereocenters. The van der Waals surface area contributed by atoms with Crippen molar-refractivity contribution in [2.24, 2.45) is 0 Å². The van der Waals surface area contributed by atoms with E-state index in [9.17, 15) is 0 Å². The van der Waals surface area contributed by atoms with E-state index in [1.807, 2.05) is 11.6 Å². The lowest BCUT2D eigenvalue weighted by atomic mass is 10.1. The molecule has 2 aromatic rings. The van der Waals surface area contributed by atoms with E-state index in [1.54, 1.807) is 0 Å². The van der Waals surface area contributed by atoms with Crippen LogP contribution in [0.4, 0.5) is 5.82 Å². The molecule has 1 aliphatic rings. The Morgan fingerprint density at radius 3 is 2.88 bits per heavy atom. The Kier molecular flexibility index (Phi) is 2.61. The minimum absolute atomic E-state index is 0.313. The smallest absolute Gasteiger partial charge is 0.136 e. The molecule has 17 heavy (non-hydrogen) atoms. The molecule has 4 heteroatoms. The van der Waals surface area contributed by atoms with Gasteiger partial charge in [0.1, 0.15) is 5.82 Å². The molecule has 0 fully saturated rings. The van der Waals surface area contributed by atoms with Crippen LogP contribution in [0.1, 0.15) is 29.3 Å². The average Bonchev–Trinajstić information content (AvgIpc) is 2.86. The minimum atomic E-state index is 0.313. The molecule has 0 spiro atoms. The lowest BCUT2D eigenvalue weighted by Crippen LogP contribution is -2.12. The molecule has 0 saturated heterocycles. The summed E-state index contributed by atoms with van der Waals surface area (Å²) < 4.78 is 3.06. The monoisotopic (exact) mass is 339 g/mol. The van der Waals surface area contributed by atoms with Gasteiger partial charge in [-0.05, 0) is 53.5 Å². The number of aryl methyl sites for hydroxylation is 2. The standard InChI is InChI=1S/C13H14IN3/c1-8-12(14)13(15)17(16-8)11-7-6-9-4-2-3-5-10(9)11/h2-5,11H,6-7,15H2,1H3. The first-order chi connectivity index (χ1) is 8.18. The summed E-state index contributed by atoms with van der Waals surface area (Å²) in [5.41, 5.74) is 9.96. The third kappa shape index (κ3) is 1.66. The second-order valence-electron chi connectivity index (χ2n) is 4.48. The Hall–Kier alpha value is -1.04. The maximum Gasteiger partial charge on any atom is 0.136 e. The van der Waals surface area contributed by atoms with Gasteiger partial charge in [0.25, 0.3) is 0 Å². The molecule has 1 unspecified atom stereocenters. The van der Waals surface area contributed by atoms with Crippen molar-refractivity contribution < 1.29 is 0 Å². The highest BCUT2D eigenvalue weighted by Gasteiger charge is 2.26. The Morgan fingerprint density at radius 2 is 2.18 bits per heavy atom. The normalized spacial score (nSPS) is 18.4. The first-order valence-corrected chi connectivity index (χ1v) is 6.84. The summed E-state index contributed by atoms with van der Waals surface area (Å²) in [6.45, 7) is 2.01. The number of rotatable bonds is 1. The van der Waals surface area contributed by atoms with Crippen molar-refractivity contribution in [1.29, 1.82) is 0 Å². The molecule has 3 rings (SSSR count). The number of nitrogens with two attached hydrogens (primary N) is 1. The summed E-state index contributed by atoms with van der Waals surface area (Å²) in [5.74, 6) is 0.796. The molecule has 1 aliphatic carbocycles. The lowest BCUT2D eigenvalue weighted by molar-refractivity contribution is 0.524. The number of hydrogen-bond donors (Lipinski definition) is 1. The highest BCUT2D eigenvalue weighted by molar-refractivity contribution is 14.1. The predicted molar refractivity (Wildman–Crippen MR) is 77.0 cm³/mol. The zero-order valence-corrected chi connectivity index (χ0v) is 11.8. The van der Waals surface area contributed by atoms with Crippen molar-refractivity contribution in [3.05, 3.63) is 44.7 Å². The third-order valence-electron chi connectivity index (χ3n) is 3.44. The molecule has 0 bridgehead atoms. The summed E-state index contributed by atoms with van der Waals surface area (Å²) in [4.78, 5) is 0. The predicted octanol–water partition coefficient (Wildman–Crippen LogP) is 2.91. The van der Waals surface area contributed by atoms with Crippen LogP contribution in [-0.2, 0) is 6.42 Å². The first kappa shape index (κ1) is 11.1. The number of nitrogens with zero attached hydrogens (tertiary/aromatic N) is 2. The summed E-state index contributed by atoms with van der Waals surface area (Å²) in [7, 11) is 0. The molecule has 0 radical (unpaired) electrons. The van der Waals surface area contributed by atoms with Crippen LogP contribution in [0.15, 0.2) is 24.3 Å². The zero-order valence-electron chi connectivity index (χ0n) is 9.65. The minimum Gasteiger partial charge on any atom is -0.383 e. The number of fused-ring (bicyclic) bond motifs is 1. The maximum absolute atomic E-state index is 6.13. The summed E-state index contributed by atoms with van der Waals surface area (Å²) in [6.07, 6.45) is 2.22. The van der Waals surface area contributed by atoms with Crippen LogP contribution in [0.5, 0.6) is 0 Å². The van der Waals surface area contributed by atoms with Crippen molar-refractivity contribution in [3.63, 3.8) is 0 Å². The van der Waals surface area contributed by atoms with E-state index in [0.29, 0.717) is 6.04 Å². The second-order valence-corrected chi connectivity index (χ2v) is 5.56. The van der Waals surface area contributed by atoms with E-state index in [4.69, 9.17) is 5.73 Å². The van der Waals surface area contributed by atoms with Gasteiger partial charge in [-0.25, -0.2) is 4.68 Å². The van der Waals surface area contributed by atoms with Gasteiger partial charge >= 0.3 is 0 Å². The van der Waals surface area contributed by atoms with Crippen molar-refractivity contribution in [3.8, 4) is 0 Å². The van der Waals surface area contributed by atoms with Crippen LogP contribution in [-0.4, -0.2) is 9.78 Å². The fraction of sp³-hybridized carbons (Fsp3) is 0.308. The number of benzene rings is 1. The molecular formula is C13H14IN3. The lowest BCUT2D eigenvalue weighted by Gasteiger charge is -2.14. The average molecular weight is 339 g/mol. The molecule has 1 aromatic carbocycles. The van der Waals surface area contributed by atoms with Crippen LogP contribution >= 0.6 is 22.6 Å². The summed E-state index contributed by atoms with van der Waals surface area (Å²) in [5, 5.41) is 4.57. The molecule has 88 valence electrons. The van der Waals surface area contributed by atoms with Gasteiger partial charge in [0.15, 0.2) is 0 Å². The van der Waals surface area contributed by atoms with Gasteiger partial charge in [0, 0.05) is 0 Å². The van der Waals surface area contributed by atoms with Crippen LogP contribution in [0, 0.1) is 10.5 Å². The van der Waals surface area contributed by atoms with Crippen molar-refractivity contribution in [2.45, 2.75) is 25.8 Å². The van der Waals surface area contributed by atoms with Gasteiger partial charge in [0.05, 0.1) is 15.3 Å². The van der Waals surface area contributed by atoms with Gasteiger partial charge in [-0.3, -0.25) is 0 Å². The fourth-order valence-electron chi connectivity index (χ4n) is 2.57. The molecule has 2 N–H and O–H groups in total. The van der Waals surface area contributed by atoms with Gasteiger partial charge < -0.3 is 5.73 Å². The highest BCUT2D eigenvalue weighted by atomic mass is 127. The number of nitrogen functional groups attached to an aromatic ring is 1. The van der Waals surface area contributed by atoms with Crippen molar-refractivity contribution in [2.75, 3.05) is 5.73 Å². The van der Waals surface area contributed by atoms with Crippen LogP contribution < -0.4 is 5.73 Å². The van der Waals surface area contributed by atoms with Crippen LogP contribution in [0.3, 0.4) is 0 Å². The van der Waals surface area contributed by atoms with E-state index in [1.165, 1.54) is 11.1 Å². The summed E-state index contributed by atoms with van der Waals surface area (Å²) >= 11 is 2.27. The third-order valence-corrected chi connectivity index (χ3v) is 4.78. The second kappa shape index (κ2) is 4.01. The zero-order chi connectivity index (χ0) is 12.0. The number of hydrogen-bond acceptors (Lipinski definition) is 2. The van der Waals surface area contributed by atoms with Gasteiger partial charge in [-0.15, -0.1) is 0 Å². The number of aromatic nitrogens is 2. The quantitative estimate of drug-likeness (QED) is 0.812. The largest absolute Gasteiger partial charge is 0.383 e. The highest BCUT2D eigenvalue weighted by Crippen LogP contribution is 2.36. The molecule has 0 aliphatic heterocycles.